The molecule has 2 heterocycles. The molecule has 0 saturated carbocycles. The number of aromatic nitrogens is 2. The van der Waals surface area contributed by atoms with Crippen LogP contribution in [0.15, 0.2) is 36.7 Å². The molecule has 3 aromatic rings. The lowest BCUT2D eigenvalue weighted by Gasteiger charge is -2.32. The van der Waals surface area contributed by atoms with E-state index in [1.54, 1.807) is 12.4 Å². The number of hydrogen-bond acceptors (Lipinski definition) is 6. The van der Waals surface area contributed by atoms with Crippen LogP contribution in [-0.4, -0.2) is 66.1 Å². The maximum absolute atomic E-state index is 13.9. The summed E-state index contributed by atoms with van der Waals surface area (Å²) in [5, 5.41) is 4.29. The number of rotatable bonds is 8. The van der Waals surface area contributed by atoms with Crippen LogP contribution < -0.4 is 10.1 Å². The minimum Gasteiger partial charge on any atom is -0.494 e. The minimum atomic E-state index is -0.190. The Bertz CT molecular complexity index is 1070. The fourth-order valence-corrected chi connectivity index (χ4v) is 4.54. The molecule has 1 aliphatic rings. The van der Waals surface area contributed by atoms with E-state index in [4.69, 9.17) is 4.74 Å². The lowest BCUT2D eigenvalue weighted by Crippen LogP contribution is -2.45. The smallest absolute Gasteiger partial charge is 0.141 e. The summed E-state index contributed by atoms with van der Waals surface area (Å²) in [6.45, 7) is 8.00. The monoisotopic (exact) mass is 549 g/mol. The van der Waals surface area contributed by atoms with E-state index in [1.165, 1.54) is 6.07 Å². The van der Waals surface area contributed by atoms with E-state index in [0.717, 1.165) is 67.0 Å². The number of piperazine rings is 1. The highest BCUT2D eigenvalue weighted by Gasteiger charge is 2.16. The molecule has 1 fully saturated rings. The van der Waals surface area contributed by atoms with E-state index < -0.39 is 0 Å². The molecule has 1 aliphatic heterocycles. The van der Waals surface area contributed by atoms with E-state index in [0.29, 0.717) is 22.4 Å². The van der Waals surface area contributed by atoms with Gasteiger partial charge in [-0.1, -0.05) is 22.6 Å². The van der Waals surface area contributed by atoms with Crippen LogP contribution in [0, 0.1) is 5.82 Å². The second kappa shape index (κ2) is 10.7. The summed E-state index contributed by atoms with van der Waals surface area (Å²) in [5.74, 6) is 1.41. The zero-order chi connectivity index (χ0) is 22.5. The third kappa shape index (κ3) is 5.47. The molecule has 1 N–H and O–H groups in total. The number of halogens is 2. The lowest BCUT2D eigenvalue weighted by atomic mass is 10.1. The molecule has 8 heteroatoms. The van der Waals surface area contributed by atoms with E-state index in [2.05, 4.69) is 60.8 Å². The molecule has 4 rings (SSSR count). The first-order valence-corrected chi connectivity index (χ1v) is 12.5. The van der Waals surface area contributed by atoms with Crippen LogP contribution >= 0.6 is 22.6 Å². The van der Waals surface area contributed by atoms with Crippen LogP contribution in [-0.2, 0) is 10.8 Å². The molecule has 0 atom stereocenters. The summed E-state index contributed by atoms with van der Waals surface area (Å²) < 4.78 is 20.5. The number of fused-ring (bicyclic) bond motifs is 1. The first-order valence-electron chi connectivity index (χ1n) is 11.0. The Kier molecular flexibility index (Phi) is 7.75. The van der Waals surface area contributed by atoms with Crippen molar-refractivity contribution in [2.45, 2.75) is 17.8 Å². The van der Waals surface area contributed by atoms with Gasteiger partial charge in [-0.05, 0) is 55.8 Å². The number of benzene rings is 2. The van der Waals surface area contributed by atoms with Gasteiger partial charge in [0.2, 0.25) is 0 Å². The topological polar surface area (TPSA) is 53.5 Å². The SMILES string of the molecule is CCOc1cc2ncnc(Nc3ccc(F)c(CI)c3)c2cc1CCN1CCN(C)CC1. The number of likely N-dealkylation sites (N-methyl/N-ethyl adjacent to an activating group) is 1. The minimum absolute atomic E-state index is 0.190. The first-order chi connectivity index (χ1) is 15.6. The normalized spacial score (nSPS) is 15.2. The molecular weight excluding hydrogens is 520 g/mol. The van der Waals surface area contributed by atoms with E-state index in [1.807, 2.05) is 19.1 Å². The maximum Gasteiger partial charge on any atom is 0.141 e. The molecule has 0 amide bonds. The Balaban J connectivity index is 1.62. The van der Waals surface area contributed by atoms with Gasteiger partial charge in [0.05, 0.1) is 12.1 Å². The van der Waals surface area contributed by atoms with E-state index in [9.17, 15) is 4.39 Å². The van der Waals surface area contributed by atoms with Crippen LogP contribution in [0.4, 0.5) is 15.9 Å². The molecule has 0 bridgehead atoms. The van der Waals surface area contributed by atoms with Crippen molar-refractivity contribution in [3.63, 3.8) is 0 Å². The zero-order valence-corrected chi connectivity index (χ0v) is 20.7. The number of ether oxygens (including phenoxy) is 1. The number of hydrogen-bond donors (Lipinski definition) is 1. The van der Waals surface area contributed by atoms with Crippen molar-refractivity contribution in [2.24, 2.45) is 0 Å². The van der Waals surface area contributed by atoms with Gasteiger partial charge < -0.3 is 19.9 Å². The van der Waals surface area contributed by atoms with Gasteiger partial charge in [-0.3, -0.25) is 0 Å². The highest BCUT2D eigenvalue weighted by molar-refractivity contribution is 14.1. The summed E-state index contributed by atoms with van der Waals surface area (Å²) in [6, 6.07) is 9.21. The molecule has 1 aromatic heterocycles. The Labute approximate surface area is 202 Å². The van der Waals surface area contributed by atoms with Crippen molar-refractivity contribution in [1.82, 2.24) is 19.8 Å². The number of nitrogens with one attached hydrogen (secondary N) is 1. The number of anilines is 2. The highest BCUT2D eigenvalue weighted by Crippen LogP contribution is 2.31. The Hall–Kier alpha value is -2.04. The van der Waals surface area contributed by atoms with Gasteiger partial charge in [-0.2, -0.15) is 0 Å². The fraction of sp³-hybridized carbons (Fsp3) is 0.417. The molecule has 0 radical (unpaired) electrons. The molecule has 6 nitrogen and oxygen atoms in total. The molecule has 170 valence electrons. The predicted octanol–water partition coefficient (Wildman–Crippen LogP) is 4.64. The number of alkyl halides is 1. The van der Waals surface area contributed by atoms with Crippen molar-refractivity contribution in [3.8, 4) is 5.75 Å². The fourth-order valence-electron chi connectivity index (χ4n) is 3.96. The second-order valence-corrected chi connectivity index (χ2v) is 8.85. The summed E-state index contributed by atoms with van der Waals surface area (Å²) in [5.41, 5.74) is 3.46. The van der Waals surface area contributed by atoms with Gasteiger partial charge in [-0.15, -0.1) is 0 Å². The van der Waals surface area contributed by atoms with E-state index >= 15 is 0 Å². The largest absolute Gasteiger partial charge is 0.494 e. The van der Waals surface area contributed by atoms with Gasteiger partial charge >= 0.3 is 0 Å². The van der Waals surface area contributed by atoms with Crippen molar-refractivity contribution in [3.05, 3.63) is 53.6 Å². The third-order valence-corrected chi connectivity index (χ3v) is 6.68. The molecule has 1 saturated heterocycles. The Morgan fingerprint density at radius 2 is 1.91 bits per heavy atom. The average Bonchev–Trinajstić information content (AvgIpc) is 2.80. The van der Waals surface area contributed by atoms with Gasteiger partial charge in [0.1, 0.15) is 23.7 Å². The first kappa shape index (κ1) is 23.1. The summed E-state index contributed by atoms with van der Waals surface area (Å²) in [6.07, 6.45) is 2.45. The summed E-state index contributed by atoms with van der Waals surface area (Å²) in [4.78, 5) is 13.8. The van der Waals surface area contributed by atoms with Crippen LogP contribution in [0.5, 0.6) is 5.75 Å². The quantitative estimate of drug-likeness (QED) is 0.327. The number of nitrogens with zero attached hydrogens (tertiary/aromatic N) is 4. The lowest BCUT2D eigenvalue weighted by molar-refractivity contribution is 0.155. The molecule has 0 unspecified atom stereocenters. The van der Waals surface area contributed by atoms with Crippen molar-refractivity contribution in [1.29, 1.82) is 0 Å². The van der Waals surface area contributed by atoms with Crippen LogP contribution in [0.1, 0.15) is 18.1 Å². The van der Waals surface area contributed by atoms with Gasteiger partial charge in [-0.25, -0.2) is 14.4 Å². The highest BCUT2D eigenvalue weighted by atomic mass is 127. The molecule has 0 spiro atoms. The standard InChI is InChI=1S/C24H29FIN5O/c1-3-32-23-14-22-20(13-17(23)6-7-31-10-8-30(2)9-11-31)24(28-16-27-22)29-19-4-5-21(25)18(12-19)15-26/h4-5,12-14,16H,3,6-11,15H2,1-2H3,(H,27,28,29). The molecule has 32 heavy (non-hydrogen) atoms. The van der Waals surface area contributed by atoms with Gasteiger partial charge in [0.25, 0.3) is 0 Å². The van der Waals surface area contributed by atoms with Crippen molar-refractivity contribution >= 4 is 45.0 Å². The van der Waals surface area contributed by atoms with Gasteiger partial charge in [0, 0.05) is 54.3 Å². The van der Waals surface area contributed by atoms with Crippen LogP contribution in [0.2, 0.25) is 0 Å². The van der Waals surface area contributed by atoms with Gasteiger partial charge in [0.15, 0.2) is 0 Å². The predicted molar refractivity (Wildman–Crippen MR) is 136 cm³/mol. The van der Waals surface area contributed by atoms with Crippen molar-refractivity contribution < 1.29 is 9.13 Å². The summed E-state index contributed by atoms with van der Waals surface area (Å²) in [7, 11) is 2.17. The van der Waals surface area contributed by atoms with Crippen LogP contribution in [0.3, 0.4) is 0 Å². The zero-order valence-electron chi connectivity index (χ0n) is 18.6. The summed E-state index contributed by atoms with van der Waals surface area (Å²) >= 11 is 2.17. The molecule has 0 aliphatic carbocycles. The Morgan fingerprint density at radius 1 is 1.09 bits per heavy atom. The van der Waals surface area contributed by atoms with Crippen LogP contribution in [0.25, 0.3) is 10.9 Å². The molecular formula is C24H29FIN5O. The average molecular weight is 549 g/mol. The van der Waals surface area contributed by atoms with Crippen molar-refractivity contribution in [2.75, 3.05) is 51.7 Å². The van der Waals surface area contributed by atoms with E-state index in [-0.39, 0.29) is 5.82 Å². The second-order valence-electron chi connectivity index (χ2n) is 8.09. The maximum atomic E-state index is 13.9. The Morgan fingerprint density at radius 3 is 2.66 bits per heavy atom. The third-order valence-electron chi connectivity index (χ3n) is 5.86. The molecule has 2 aromatic carbocycles.